The van der Waals surface area contributed by atoms with E-state index >= 15 is 0 Å². The average Bonchev–Trinajstić information content (AvgIpc) is 2.43. The van der Waals surface area contributed by atoms with Crippen LogP contribution >= 0.6 is 0 Å². The van der Waals surface area contributed by atoms with Gasteiger partial charge in [0.25, 0.3) is 0 Å². The van der Waals surface area contributed by atoms with Crippen LogP contribution in [0.3, 0.4) is 0 Å². The minimum atomic E-state index is -0.173. The van der Waals surface area contributed by atoms with E-state index in [1.807, 2.05) is 12.1 Å². The van der Waals surface area contributed by atoms with E-state index < -0.39 is 0 Å². The highest BCUT2D eigenvalue weighted by molar-refractivity contribution is 5.17. The second-order valence-electron chi connectivity index (χ2n) is 4.88. The number of hydrogen-bond donors (Lipinski definition) is 1. The Hall–Kier alpha value is -0.930. The lowest BCUT2D eigenvalue weighted by molar-refractivity contribution is 0.124. The number of ether oxygens (including phenoxy) is 1. The Morgan fingerprint density at radius 2 is 1.84 bits per heavy atom. The minimum Gasteiger partial charge on any atom is -0.381 e. The van der Waals surface area contributed by atoms with E-state index in [2.05, 4.69) is 19.2 Å². The van der Waals surface area contributed by atoms with Crippen LogP contribution in [0.2, 0.25) is 0 Å². The van der Waals surface area contributed by atoms with Crippen molar-refractivity contribution in [3.05, 3.63) is 35.6 Å². The second-order valence-corrected chi connectivity index (χ2v) is 4.88. The lowest BCUT2D eigenvalue weighted by atomic mass is 10.0. The molecule has 0 saturated carbocycles. The van der Waals surface area contributed by atoms with Crippen molar-refractivity contribution in [2.24, 2.45) is 0 Å². The summed E-state index contributed by atoms with van der Waals surface area (Å²) in [6.45, 7) is 6.91. The molecule has 0 heterocycles. The molecule has 0 fully saturated rings. The summed E-state index contributed by atoms with van der Waals surface area (Å²) < 4.78 is 18.4. The van der Waals surface area contributed by atoms with E-state index in [4.69, 9.17) is 4.74 Å². The van der Waals surface area contributed by atoms with Crippen LogP contribution in [0.15, 0.2) is 24.3 Å². The van der Waals surface area contributed by atoms with Gasteiger partial charge in [-0.2, -0.15) is 0 Å². The van der Waals surface area contributed by atoms with Gasteiger partial charge < -0.3 is 10.1 Å². The molecule has 0 spiro atoms. The maximum absolute atomic E-state index is 12.9. The van der Waals surface area contributed by atoms with Crippen molar-refractivity contribution in [1.29, 1.82) is 0 Å². The quantitative estimate of drug-likeness (QED) is 0.655. The largest absolute Gasteiger partial charge is 0.381 e. The first-order valence-electron chi connectivity index (χ1n) is 7.31. The molecule has 108 valence electrons. The van der Waals surface area contributed by atoms with Gasteiger partial charge in [-0.25, -0.2) is 4.39 Å². The summed E-state index contributed by atoms with van der Waals surface area (Å²) in [5, 5.41) is 3.54. The summed E-state index contributed by atoms with van der Waals surface area (Å²) in [5.74, 6) is -0.173. The fourth-order valence-corrected chi connectivity index (χ4v) is 2.00. The maximum atomic E-state index is 12.9. The zero-order valence-electron chi connectivity index (χ0n) is 12.1. The molecular formula is C16H26FNO. The molecule has 1 unspecified atom stereocenters. The van der Waals surface area contributed by atoms with Crippen LogP contribution in [0, 0.1) is 5.82 Å². The van der Waals surface area contributed by atoms with Crippen molar-refractivity contribution >= 4 is 0 Å². The van der Waals surface area contributed by atoms with E-state index in [1.165, 1.54) is 17.7 Å². The number of hydrogen-bond acceptors (Lipinski definition) is 2. The third-order valence-electron chi connectivity index (χ3n) is 3.04. The maximum Gasteiger partial charge on any atom is 0.123 e. The molecule has 0 aromatic heterocycles. The zero-order valence-corrected chi connectivity index (χ0v) is 12.1. The van der Waals surface area contributed by atoms with Crippen LogP contribution in [0.1, 0.15) is 38.7 Å². The van der Waals surface area contributed by atoms with Gasteiger partial charge in [0.15, 0.2) is 0 Å². The van der Waals surface area contributed by atoms with Gasteiger partial charge in [-0.15, -0.1) is 0 Å². The van der Waals surface area contributed by atoms with E-state index in [9.17, 15) is 4.39 Å². The first kappa shape index (κ1) is 16.1. The predicted molar refractivity (Wildman–Crippen MR) is 77.9 cm³/mol. The molecule has 0 amide bonds. The third kappa shape index (κ3) is 7.28. The summed E-state index contributed by atoms with van der Waals surface area (Å²) in [6.07, 6.45) is 4.11. The van der Waals surface area contributed by atoms with E-state index in [0.717, 1.165) is 45.4 Å². The van der Waals surface area contributed by atoms with Crippen molar-refractivity contribution in [2.75, 3.05) is 19.8 Å². The Balaban J connectivity index is 2.41. The molecule has 0 aliphatic carbocycles. The summed E-state index contributed by atoms with van der Waals surface area (Å²) >= 11 is 0. The van der Waals surface area contributed by atoms with Crippen LogP contribution < -0.4 is 5.32 Å². The first-order chi connectivity index (χ1) is 9.26. The lowest BCUT2D eigenvalue weighted by Gasteiger charge is -2.18. The zero-order chi connectivity index (χ0) is 13.9. The summed E-state index contributed by atoms with van der Waals surface area (Å²) in [5.41, 5.74) is 1.17. The Bertz CT molecular complexity index is 326. The fourth-order valence-electron chi connectivity index (χ4n) is 2.00. The van der Waals surface area contributed by atoms with Crippen LogP contribution in [-0.2, 0) is 11.2 Å². The van der Waals surface area contributed by atoms with Gasteiger partial charge in [0.05, 0.1) is 0 Å². The third-order valence-corrected chi connectivity index (χ3v) is 3.04. The molecule has 0 aliphatic heterocycles. The Morgan fingerprint density at radius 1 is 1.11 bits per heavy atom. The van der Waals surface area contributed by atoms with Gasteiger partial charge in [0.1, 0.15) is 5.82 Å². The van der Waals surface area contributed by atoms with Crippen LogP contribution in [-0.4, -0.2) is 25.8 Å². The second kappa shape index (κ2) is 9.93. The van der Waals surface area contributed by atoms with Crippen molar-refractivity contribution in [3.8, 4) is 0 Å². The van der Waals surface area contributed by atoms with Gasteiger partial charge >= 0.3 is 0 Å². The average molecular weight is 267 g/mol. The number of nitrogens with one attached hydrogen (secondary N) is 1. The number of benzene rings is 1. The lowest BCUT2D eigenvalue weighted by Crippen LogP contribution is -2.33. The van der Waals surface area contributed by atoms with E-state index in [-0.39, 0.29) is 5.82 Å². The number of halogens is 1. The Labute approximate surface area is 116 Å². The van der Waals surface area contributed by atoms with Crippen LogP contribution in [0.5, 0.6) is 0 Å². The van der Waals surface area contributed by atoms with Gasteiger partial charge in [-0.1, -0.05) is 26.0 Å². The molecule has 19 heavy (non-hydrogen) atoms. The highest BCUT2D eigenvalue weighted by Crippen LogP contribution is 2.08. The molecular weight excluding hydrogens is 241 g/mol. The molecule has 0 bridgehead atoms. The van der Waals surface area contributed by atoms with Crippen molar-refractivity contribution in [1.82, 2.24) is 5.32 Å². The van der Waals surface area contributed by atoms with E-state index in [0.29, 0.717) is 6.04 Å². The normalized spacial score (nSPS) is 12.6. The minimum absolute atomic E-state index is 0.173. The molecule has 1 aromatic rings. The van der Waals surface area contributed by atoms with Gasteiger partial charge in [0.2, 0.25) is 0 Å². The Kier molecular flexibility index (Phi) is 8.43. The van der Waals surface area contributed by atoms with Gasteiger partial charge in [-0.05, 0) is 49.9 Å². The van der Waals surface area contributed by atoms with Gasteiger partial charge in [0, 0.05) is 19.3 Å². The molecule has 0 aliphatic rings. The van der Waals surface area contributed by atoms with Gasteiger partial charge in [-0.3, -0.25) is 0 Å². The predicted octanol–water partition coefficient (Wildman–Crippen LogP) is 3.55. The summed E-state index contributed by atoms with van der Waals surface area (Å²) in [4.78, 5) is 0. The monoisotopic (exact) mass is 267 g/mol. The number of rotatable bonds is 10. The molecule has 1 rings (SSSR count). The molecule has 1 atom stereocenters. The SMILES string of the molecule is CCCNC(CCOCCC)Cc1ccc(F)cc1. The van der Waals surface area contributed by atoms with Crippen molar-refractivity contribution < 1.29 is 9.13 Å². The summed E-state index contributed by atoms with van der Waals surface area (Å²) in [6, 6.07) is 7.19. The van der Waals surface area contributed by atoms with Crippen LogP contribution in [0.4, 0.5) is 4.39 Å². The first-order valence-corrected chi connectivity index (χ1v) is 7.31. The van der Waals surface area contributed by atoms with E-state index in [1.54, 1.807) is 0 Å². The molecule has 0 radical (unpaired) electrons. The van der Waals surface area contributed by atoms with Crippen LogP contribution in [0.25, 0.3) is 0 Å². The molecule has 1 aromatic carbocycles. The molecule has 1 N–H and O–H groups in total. The van der Waals surface area contributed by atoms with Crippen molar-refractivity contribution in [3.63, 3.8) is 0 Å². The summed E-state index contributed by atoms with van der Waals surface area (Å²) in [7, 11) is 0. The highest BCUT2D eigenvalue weighted by Gasteiger charge is 2.09. The molecule has 3 heteroatoms. The Morgan fingerprint density at radius 3 is 2.47 bits per heavy atom. The fraction of sp³-hybridized carbons (Fsp3) is 0.625. The smallest absolute Gasteiger partial charge is 0.123 e. The van der Waals surface area contributed by atoms with Crippen molar-refractivity contribution in [2.45, 2.75) is 45.6 Å². The highest BCUT2D eigenvalue weighted by atomic mass is 19.1. The topological polar surface area (TPSA) is 21.3 Å². The molecule has 2 nitrogen and oxygen atoms in total. The molecule has 0 saturated heterocycles. The standard InChI is InChI=1S/C16H26FNO/c1-3-10-18-16(9-12-19-11-4-2)13-14-5-7-15(17)8-6-14/h5-8,16,18H,3-4,9-13H2,1-2H3.